The van der Waals surface area contributed by atoms with Crippen molar-refractivity contribution in [3.05, 3.63) is 59.2 Å². The lowest BCUT2D eigenvalue weighted by Crippen LogP contribution is -2.22. The van der Waals surface area contributed by atoms with Gasteiger partial charge in [0.15, 0.2) is 0 Å². The minimum absolute atomic E-state index is 0.417. The molecule has 4 heteroatoms. The van der Waals surface area contributed by atoms with E-state index in [2.05, 4.69) is 0 Å². The summed E-state index contributed by atoms with van der Waals surface area (Å²) >= 11 is 0. The van der Waals surface area contributed by atoms with Gasteiger partial charge in [-0.1, -0.05) is 18.2 Å². The first kappa shape index (κ1) is 13.9. The lowest BCUT2D eigenvalue weighted by atomic mass is 10.1. The predicted octanol–water partition coefficient (Wildman–Crippen LogP) is 2.31. The molecule has 0 aliphatic heterocycles. The maximum absolute atomic E-state index is 11.5. The van der Waals surface area contributed by atoms with Crippen molar-refractivity contribution < 1.29 is 4.79 Å². The number of carbonyl (C=O) groups excluding carboxylic acids is 1. The van der Waals surface area contributed by atoms with Crippen LogP contribution in [0.4, 0.5) is 11.4 Å². The van der Waals surface area contributed by atoms with Gasteiger partial charge in [0.05, 0.1) is 5.56 Å². The molecule has 0 aliphatic rings. The second-order valence-electron chi connectivity index (χ2n) is 4.99. The highest BCUT2D eigenvalue weighted by atomic mass is 16.1. The van der Waals surface area contributed by atoms with Gasteiger partial charge in [0.1, 0.15) is 0 Å². The van der Waals surface area contributed by atoms with E-state index >= 15 is 0 Å². The van der Waals surface area contributed by atoms with Gasteiger partial charge in [0.25, 0.3) is 5.91 Å². The van der Waals surface area contributed by atoms with Crippen molar-refractivity contribution in [1.82, 2.24) is 0 Å². The van der Waals surface area contributed by atoms with Gasteiger partial charge in [0.2, 0.25) is 0 Å². The van der Waals surface area contributed by atoms with Crippen molar-refractivity contribution in [2.24, 2.45) is 5.73 Å². The molecule has 0 spiro atoms. The van der Waals surface area contributed by atoms with Crippen LogP contribution in [0.2, 0.25) is 0 Å². The van der Waals surface area contributed by atoms with Crippen LogP contribution in [0, 0.1) is 6.92 Å². The minimum Gasteiger partial charge on any atom is -0.399 e. The SMILES string of the molecule is Cc1ccc(C(N)=O)c(N(C)Cc2cccc(N)c2)c1. The number of anilines is 2. The van der Waals surface area contributed by atoms with Crippen LogP contribution in [0.25, 0.3) is 0 Å². The number of carbonyl (C=O) groups is 1. The zero-order chi connectivity index (χ0) is 14.7. The van der Waals surface area contributed by atoms with Crippen LogP contribution in [0.5, 0.6) is 0 Å². The second-order valence-corrected chi connectivity index (χ2v) is 4.99. The summed E-state index contributed by atoms with van der Waals surface area (Å²) < 4.78 is 0. The van der Waals surface area contributed by atoms with Crippen LogP contribution in [-0.2, 0) is 6.54 Å². The molecule has 0 saturated heterocycles. The number of hydrogen-bond donors (Lipinski definition) is 2. The van der Waals surface area contributed by atoms with Crippen LogP contribution in [0.3, 0.4) is 0 Å². The number of primary amides is 1. The van der Waals surface area contributed by atoms with E-state index in [0.717, 1.165) is 22.5 Å². The standard InChI is InChI=1S/C16H19N3O/c1-11-6-7-14(16(18)20)15(8-11)19(2)10-12-4-3-5-13(17)9-12/h3-9H,10,17H2,1-2H3,(H2,18,20). The van der Waals surface area contributed by atoms with Gasteiger partial charge in [-0.3, -0.25) is 4.79 Å². The van der Waals surface area contributed by atoms with Crippen molar-refractivity contribution in [3.8, 4) is 0 Å². The Morgan fingerprint density at radius 2 is 1.95 bits per heavy atom. The Bertz CT molecular complexity index is 637. The number of hydrogen-bond acceptors (Lipinski definition) is 3. The summed E-state index contributed by atoms with van der Waals surface area (Å²) in [6, 6.07) is 13.3. The molecule has 104 valence electrons. The highest BCUT2D eigenvalue weighted by Gasteiger charge is 2.12. The van der Waals surface area contributed by atoms with Crippen LogP contribution < -0.4 is 16.4 Å². The fraction of sp³-hybridized carbons (Fsp3) is 0.188. The molecule has 0 unspecified atom stereocenters. The van der Waals surface area contributed by atoms with Gasteiger partial charge in [0, 0.05) is 25.0 Å². The molecule has 2 aromatic rings. The van der Waals surface area contributed by atoms with Gasteiger partial charge < -0.3 is 16.4 Å². The molecule has 0 bridgehead atoms. The molecule has 0 aromatic heterocycles. The van der Waals surface area contributed by atoms with Crippen LogP contribution in [0.1, 0.15) is 21.5 Å². The van der Waals surface area contributed by atoms with E-state index in [-0.39, 0.29) is 0 Å². The summed E-state index contributed by atoms with van der Waals surface area (Å²) in [6.45, 7) is 2.65. The maximum Gasteiger partial charge on any atom is 0.250 e. The average molecular weight is 269 g/mol. The van der Waals surface area contributed by atoms with Crippen molar-refractivity contribution in [2.45, 2.75) is 13.5 Å². The van der Waals surface area contributed by atoms with E-state index in [1.54, 1.807) is 6.07 Å². The Labute approximate surface area is 119 Å². The molecular weight excluding hydrogens is 250 g/mol. The third-order valence-corrected chi connectivity index (χ3v) is 3.20. The van der Waals surface area contributed by atoms with Gasteiger partial charge in [-0.05, 0) is 42.3 Å². The Kier molecular flexibility index (Phi) is 3.94. The first-order valence-electron chi connectivity index (χ1n) is 6.43. The van der Waals surface area contributed by atoms with E-state index < -0.39 is 5.91 Å². The Morgan fingerprint density at radius 1 is 1.20 bits per heavy atom. The maximum atomic E-state index is 11.5. The van der Waals surface area contributed by atoms with Crippen molar-refractivity contribution in [1.29, 1.82) is 0 Å². The minimum atomic E-state index is -0.417. The number of benzene rings is 2. The largest absolute Gasteiger partial charge is 0.399 e. The highest BCUT2D eigenvalue weighted by Crippen LogP contribution is 2.23. The van der Waals surface area contributed by atoms with Crippen molar-refractivity contribution >= 4 is 17.3 Å². The van der Waals surface area contributed by atoms with E-state index in [1.165, 1.54) is 0 Å². The third kappa shape index (κ3) is 3.09. The summed E-state index contributed by atoms with van der Waals surface area (Å²) in [6.07, 6.45) is 0. The number of nitrogens with two attached hydrogens (primary N) is 2. The summed E-state index contributed by atoms with van der Waals surface area (Å²) in [4.78, 5) is 13.5. The Hall–Kier alpha value is -2.49. The number of nitrogens with zero attached hydrogens (tertiary/aromatic N) is 1. The normalized spacial score (nSPS) is 10.3. The monoisotopic (exact) mass is 269 g/mol. The molecule has 20 heavy (non-hydrogen) atoms. The van der Waals surface area contributed by atoms with E-state index in [1.807, 2.05) is 55.3 Å². The average Bonchev–Trinajstić information content (AvgIpc) is 2.38. The van der Waals surface area contributed by atoms with Gasteiger partial charge in [-0.2, -0.15) is 0 Å². The zero-order valence-corrected chi connectivity index (χ0v) is 11.8. The summed E-state index contributed by atoms with van der Waals surface area (Å²) in [5.41, 5.74) is 15.5. The highest BCUT2D eigenvalue weighted by molar-refractivity contribution is 5.98. The molecule has 0 saturated carbocycles. The summed E-state index contributed by atoms with van der Waals surface area (Å²) in [7, 11) is 1.93. The molecule has 0 heterocycles. The lowest BCUT2D eigenvalue weighted by Gasteiger charge is -2.22. The number of aryl methyl sites for hydroxylation is 1. The fourth-order valence-electron chi connectivity index (χ4n) is 2.22. The van der Waals surface area contributed by atoms with Crippen molar-refractivity contribution in [2.75, 3.05) is 17.7 Å². The van der Waals surface area contributed by atoms with Crippen LogP contribution >= 0.6 is 0 Å². The Morgan fingerprint density at radius 3 is 2.60 bits per heavy atom. The zero-order valence-electron chi connectivity index (χ0n) is 11.8. The van der Waals surface area contributed by atoms with E-state index in [0.29, 0.717) is 12.1 Å². The quantitative estimate of drug-likeness (QED) is 0.837. The van der Waals surface area contributed by atoms with E-state index in [9.17, 15) is 4.79 Å². The molecular formula is C16H19N3O. The summed E-state index contributed by atoms with van der Waals surface area (Å²) in [5.74, 6) is -0.417. The fourth-order valence-corrected chi connectivity index (χ4v) is 2.22. The molecule has 0 radical (unpaired) electrons. The molecule has 2 aromatic carbocycles. The third-order valence-electron chi connectivity index (χ3n) is 3.20. The molecule has 4 N–H and O–H groups in total. The molecule has 4 nitrogen and oxygen atoms in total. The Balaban J connectivity index is 2.31. The van der Waals surface area contributed by atoms with Crippen molar-refractivity contribution in [3.63, 3.8) is 0 Å². The summed E-state index contributed by atoms with van der Waals surface area (Å²) in [5, 5.41) is 0. The molecule has 0 atom stereocenters. The van der Waals surface area contributed by atoms with E-state index in [4.69, 9.17) is 11.5 Å². The molecule has 0 aliphatic carbocycles. The first-order chi connectivity index (χ1) is 9.47. The molecule has 1 amide bonds. The van der Waals surface area contributed by atoms with Gasteiger partial charge in [-0.25, -0.2) is 0 Å². The van der Waals surface area contributed by atoms with Crippen LogP contribution in [-0.4, -0.2) is 13.0 Å². The predicted molar refractivity (Wildman–Crippen MR) is 82.7 cm³/mol. The number of nitrogen functional groups attached to an aromatic ring is 1. The molecule has 2 rings (SSSR count). The lowest BCUT2D eigenvalue weighted by molar-refractivity contribution is 0.100. The second kappa shape index (κ2) is 5.65. The number of rotatable bonds is 4. The van der Waals surface area contributed by atoms with Gasteiger partial charge >= 0.3 is 0 Å². The smallest absolute Gasteiger partial charge is 0.250 e. The first-order valence-corrected chi connectivity index (χ1v) is 6.43. The van der Waals surface area contributed by atoms with Crippen LogP contribution in [0.15, 0.2) is 42.5 Å². The molecule has 0 fully saturated rings. The number of amides is 1. The topological polar surface area (TPSA) is 72.4 Å². The van der Waals surface area contributed by atoms with Gasteiger partial charge in [-0.15, -0.1) is 0 Å².